The van der Waals surface area contributed by atoms with E-state index in [9.17, 15) is 14.3 Å². The van der Waals surface area contributed by atoms with Crippen LogP contribution in [-0.2, 0) is 11.2 Å². The predicted octanol–water partition coefficient (Wildman–Crippen LogP) is 5.71. The van der Waals surface area contributed by atoms with Gasteiger partial charge >= 0.3 is 5.97 Å². The molecule has 2 atom stereocenters. The van der Waals surface area contributed by atoms with E-state index < -0.39 is 23.5 Å². The summed E-state index contributed by atoms with van der Waals surface area (Å²) in [6, 6.07) is 3.15. The van der Waals surface area contributed by atoms with Crippen molar-refractivity contribution < 1.29 is 18.7 Å². The first-order valence-corrected chi connectivity index (χ1v) is 12.4. The summed E-state index contributed by atoms with van der Waals surface area (Å²) in [5.74, 6) is -1.81. The quantitative estimate of drug-likeness (QED) is 0.382. The first kappa shape index (κ1) is 21.3. The maximum atomic E-state index is 15.8. The van der Waals surface area contributed by atoms with Gasteiger partial charge in [0.25, 0.3) is 0 Å². The topological polar surface area (TPSA) is 91.8 Å². The number of carboxylic acids is 1. The fraction of sp³-hybridized carbons (Fsp3) is 0.360. The van der Waals surface area contributed by atoms with Gasteiger partial charge in [0.2, 0.25) is 0 Å². The Labute approximate surface area is 198 Å². The second-order valence-corrected chi connectivity index (χ2v) is 10.1. The molecule has 3 fully saturated rings. The van der Waals surface area contributed by atoms with Gasteiger partial charge in [0.05, 0.1) is 17.8 Å². The second kappa shape index (κ2) is 8.23. The third-order valence-electron chi connectivity index (χ3n) is 7.56. The molecular formula is C25H22F2N4O2S. The Bertz CT molecular complexity index is 1380. The summed E-state index contributed by atoms with van der Waals surface area (Å²) in [5.41, 5.74) is 2.04. The van der Waals surface area contributed by atoms with Crippen LogP contribution in [0.1, 0.15) is 31.4 Å². The molecule has 3 saturated carbocycles. The first-order valence-electron chi connectivity index (χ1n) is 11.4. The molecular weight excluding hydrogens is 458 g/mol. The van der Waals surface area contributed by atoms with Crippen molar-refractivity contribution in [3.8, 4) is 22.6 Å². The Morgan fingerprint density at radius 2 is 1.97 bits per heavy atom. The first-order chi connectivity index (χ1) is 16.5. The van der Waals surface area contributed by atoms with E-state index in [1.54, 1.807) is 12.3 Å². The molecule has 0 saturated heterocycles. The maximum absolute atomic E-state index is 15.8. The van der Waals surface area contributed by atoms with Gasteiger partial charge in [-0.25, -0.2) is 23.7 Å². The molecule has 2 bridgehead atoms. The Balaban J connectivity index is 1.49. The summed E-state index contributed by atoms with van der Waals surface area (Å²) in [6.07, 6.45) is 6.81. The molecule has 34 heavy (non-hydrogen) atoms. The molecule has 0 aromatic carbocycles. The van der Waals surface area contributed by atoms with Gasteiger partial charge in [-0.2, -0.15) is 11.3 Å². The van der Waals surface area contributed by atoms with Gasteiger partial charge in [0.1, 0.15) is 17.2 Å². The van der Waals surface area contributed by atoms with E-state index in [0.29, 0.717) is 22.2 Å². The number of aliphatic carboxylic acids is 1. The highest BCUT2D eigenvalue weighted by molar-refractivity contribution is 7.08. The average Bonchev–Trinajstić information content (AvgIpc) is 3.51. The minimum Gasteiger partial charge on any atom is -0.481 e. The molecule has 0 spiro atoms. The van der Waals surface area contributed by atoms with E-state index in [1.165, 1.54) is 17.4 Å². The average molecular weight is 481 g/mol. The van der Waals surface area contributed by atoms with Crippen LogP contribution in [0.5, 0.6) is 0 Å². The summed E-state index contributed by atoms with van der Waals surface area (Å²) in [4.78, 5) is 28.3. The molecule has 9 heteroatoms. The molecule has 3 aliphatic carbocycles. The molecule has 174 valence electrons. The second-order valence-electron chi connectivity index (χ2n) is 9.33. The van der Waals surface area contributed by atoms with Gasteiger partial charge in [-0.15, -0.1) is 0 Å². The van der Waals surface area contributed by atoms with E-state index in [-0.39, 0.29) is 41.4 Å². The summed E-state index contributed by atoms with van der Waals surface area (Å²) in [5, 5.41) is 14.1. The van der Waals surface area contributed by atoms with E-state index in [1.807, 2.05) is 10.8 Å². The van der Waals surface area contributed by atoms with Crippen LogP contribution >= 0.6 is 11.3 Å². The lowest BCUT2D eigenvalue weighted by molar-refractivity contribution is -0.152. The molecule has 4 aromatic heterocycles. The van der Waals surface area contributed by atoms with Crippen molar-refractivity contribution in [3.63, 3.8) is 0 Å². The van der Waals surface area contributed by atoms with Crippen molar-refractivity contribution in [2.45, 2.75) is 32.1 Å². The van der Waals surface area contributed by atoms with Crippen LogP contribution in [-0.4, -0.2) is 31.0 Å². The van der Waals surface area contributed by atoms with Gasteiger partial charge < -0.3 is 10.1 Å². The van der Waals surface area contributed by atoms with Crippen LogP contribution in [0.2, 0.25) is 0 Å². The predicted molar refractivity (Wildman–Crippen MR) is 124 cm³/mol. The highest BCUT2D eigenvalue weighted by Crippen LogP contribution is 2.50. The molecule has 0 amide bonds. The number of carbonyl (C=O) groups is 1. The summed E-state index contributed by atoms with van der Waals surface area (Å²) in [6.45, 7) is 0. The number of nitrogens with zero attached hydrogens (tertiary/aromatic N) is 3. The zero-order chi connectivity index (χ0) is 23.4. The number of fused-ring (bicyclic) bond motifs is 4. The van der Waals surface area contributed by atoms with E-state index in [4.69, 9.17) is 0 Å². The van der Waals surface area contributed by atoms with Gasteiger partial charge in [-0.3, -0.25) is 4.79 Å². The Morgan fingerprint density at radius 1 is 1.18 bits per heavy atom. The minimum absolute atomic E-state index is 0.135. The van der Waals surface area contributed by atoms with Crippen LogP contribution in [0, 0.1) is 35.3 Å². The monoisotopic (exact) mass is 480 g/mol. The number of thiophene rings is 1. The molecule has 3 aliphatic rings. The highest BCUT2D eigenvalue weighted by Gasteiger charge is 2.47. The number of pyridine rings is 1. The molecule has 6 nitrogen and oxygen atoms in total. The van der Waals surface area contributed by atoms with Crippen LogP contribution in [0.4, 0.5) is 8.78 Å². The normalized spacial score (nSPS) is 24.1. The lowest BCUT2D eigenvalue weighted by Crippen LogP contribution is -2.45. The third-order valence-corrected chi connectivity index (χ3v) is 8.24. The SMILES string of the molecule is O=C(O)[C@H]1C2CCC(CC2)[C@@H]1Cc1nc(-c2c[nH]c3ncc(F)cc23)nc(-c2ccsc2)c1F. The van der Waals surface area contributed by atoms with Crippen molar-refractivity contribution in [2.24, 2.45) is 23.7 Å². The van der Waals surface area contributed by atoms with Crippen LogP contribution in [0.3, 0.4) is 0 Å². The Kier molecular flexibility index (Phi) is 5.17. The Hall–Kier alpha value is -3.20. The van der Waals surface area contributed by atoms with Gasteiger partial charge in [-0.05, 0) is 67.4 Å². The van der Waals surface area contributed by atoms with E-state index in [2.05, 4.69) is 19.9 Å². The molecule has 2 N–H and O–H groups in total. The summed E-state index contributed by atoms with van der Waals surface area (Å²) >= 11 is 1.44. The summed E-state index contributed by atoms with van der Waals surface area (Å²) < 4.78 is 29.8. The fourth-order valence-corrected chi connectivity index (χ4v) is 6.62. The standard InChI is InChI=1S/C25H22F2N4O2S/c26-15-7-17-18(10-29-23(17)28-9-15)24-30-19(21(27)22(31-24)14-5-6-34-11-14)8-16-12-1-3-13(4-2-12)20(16)25(32)33/h5-7,9-13,16,20H,1-4,8H2,(H,28,29)(H,32,33)/t12?,13?,16-,20-/m0/s1. The van der Waals surface area contributed by atoms with E-state index in [0.717, 1.165) is 31.9 Å². The fourth-order valence-electron chi connectivity index (χ4n) is 5.98. The number of nitrogens with one attached hydrogen (secondary N) is 1. The zero-order valence-corrected chi connectivity index (χ0v) is 19.0. The minimum atomic E-state index is -0.801. The number of hydrogen-bond donors (Lipinski definition) is 2. The van der Waals surface area contributed by atoms with Crippen LogP contribution < -0.4 is 0 Å². The molecule has 0 aliphatic heterocycles. The number of halogens is 2. The number of carboxylic acid groups (broad SMARTS) is 1. The van der Waals surface area contributed by atoms with Crippen molar-refractivity contribution in [3.05, 3.63) is 52.6 Å². The van der Waals surface area contributed by atoms with Crippen LogP contribution in [0.25, 0.3) is 33.7 Å². The van der Waals surface area contributed by atoms with Crippen molar-refractivity contribution in [1.29, 1.82) is 0 Å². The lowest BCUT2D eigenvalue weighted by Gasteiger charge is -2.46. The number of aromatic nitrogens is 4. The van der Waals surface area contributed by atoms with Gasteiger partial charge in [-0.1, -0.05) is 0 Å². The van der Waals surface area contributed by atoms with E-state index >= 15 is 4.39 Å². The lowest BCUT2D eigenvalue weighted by atomic mass is 9.57. The van der Waals surface area contributed by atoms with Gasteiger partial charge in [0, 0.05) is 28.1 Å². The van der Waals surface area contributed by atoms with Crippen LogP contribution in [0.15, 0.2) is 35.3 Å². The highest BCUT2D eigenvalue weighted by atomic mass is 32.1. The molecule has 0 radical (unpaired) electrons. The van der Waals surface area contributed by atoms with Gasteiger partial charge in [0.15, 0.2) is 11.6 Å². The third kappa shape index (κ3) is 3.50. The number of rotatable bonds is 5. The number of H-pyrrole nitrogens is 1. The summed E-state index contributed by atoms with van der Waals surface area (Å²) in [7, 11) is 0. The molecule has 4 aromatic rings. The molecule has 4 heterocycles. The number of hydrogen-bond acceptors (Lipinski definition) is 5. The molecule has 0 unspecified atom stereocenters. The van der Waals surface area contributed by atoms with Crippen molar-refractivity contribution in [2.75, 3.05) is 0 Å². The van der Waals surface area contributed by atoms with Crippen molar-refractivity contribution in [1.82, 2.24) is 19.9 Å². The maximum Gasteiger partial charge on any atom is 0.307 e. The zero-order valence-electron chi connectivity index (χ0n) is 18.2. The Morgan fingerprint density at radius 3 is 2.71 bits per heavy atom. The molecule has 7 rings (SSSR count). The number of aromatic amines is 1. The smallest absolute Gasteiger partial charge is 0.307 e. The van der Waals surface area contributed by atoms with Crippen molar-refractivity contribution >= 4 is 28.3 Å². The largest absolute Gasteiger partial charge is 0.481 e.